The normalized spacial score (nSPS) is 30.6. The quantitative estimate of drug-likeness (QED) is 0.918. The van der Waals surface area contributed by atoms with Crippen LogP contribution in [0.25, 0.3) is 0 Å². The van der Waals surface area contributed by atoms with E-state index in [1.54, 1.807) is 0 Å². The molecule has 21 heavy (non-hydrogen) atoms. The van der Waals surface area contributed by atoms with E-state index in [0.717, 1.165) is 31.6 Å². The van der Waals surface area contributed by atoms with Crippen LogP contribution in [0.4, 0.5) is 0 Å². The molecule has 3 atom stereocenters. The van der Waals surface area contributed by atoms with Crippen molar-refractivity contribution in [2.24, 2.45) is 23.7 Å². The minimum absolute atomic E-state index is 0.00275. The van der Waals surface area contributed by atoms with Crippen LogP contribution in [0, 0.1) is 23.7 Å². The second-order valence-corrected chi connectivity index (χ2v) is 7.10. The third-order valence-corrected chi connectivity index (χ3v) is 5.23. The lowest BCUT2D eigenvalue weighted by Crippen LogP contribution is -2.33. The summed E-state index contributed by atoms with van der Waals surface area (Å²) in [5.41, 5.74) is 1.49. The van der Waals surface area contributed by atoms with E-state index in [4.69, 9.17) is 0 Å². The summed E-state index contributed by atoms with van der Waals surface area (Å²) in [6.45, 7) is 5.61. The molecule has 2 heterocycles. The lowest BCUT2D eigenvalue weighted by atomic mass is 10.1. The number of hydrogen-bond donors (Lipinski definition) is 1. The fourth-order valence-electron chi connectivity index (χ4n) is 3.66. The number of amides is 1. The Hall–Kier alpha value is -1.65. The number of nitrogens with one attached hydrogen (secondary N) is 1. The van der Waals surface area contributed by atoms with Crippen molar-refractivity contribution in [2.75, 3.05) is 13.1 Å². The number of rotatable bonds is 4. The first kappa shape index (κ1) is 13.0. The summed E-state index contributed by atoms with van der Waals surface area (Å²) in [6, 6.07) is 1.85. The van der Waals surface area contributed by atoms with E-state index in [1.165, 1.54) is 0 Å². The molecule has 0 aromatic carbocycles. The van der Waals surface area contributed by atoms with Gasteiger partial charge in [0.25, 0.3) is 5.91 Å². The molecule has 3 fully saturated rings. The second kappa shape index (κ2) is 4.42. The maximum Gasteiger partial charge on any atom is 0.274 e. The Bertz CT molecular complexity index is 590. The Morgan fingerprint density at radius 2 is 1.95 bits per heavy atom. The van der Waals surface area contributed by atoms with Crippen LogP contribution >= 0.6 is 0 Å². The number of nitrogens with zero attached hydrogens (tertiary/aromatic N) is 2. The van der Waals surface area contributed by atoms with E-state index in [2.05, 4.69) is 24.0 Å². The molecule has 0 spiro atoms. The Labute approximate surface area is 124 Å². The lowest BCUT2D eigenvalue weighted by Gasteiger charge is -2.18. The van der Waals surface area contributed by atoms with E-state index >= 15 is 0 Å². The van der Waals surface area contributed by atoms with E-state index in [-0.39, 0.29) is 11.8 Å². The van der Waals surface area contributed by atoms with E-state index in [9.17, 15) is 9.59 Å². The molecule has 5 heteroatoms. The first-order chi connectivity index (χ1) is 10.1. The molecule has 4 rings (SSSR count). The van der Waals surface area contributed by atoms with E-state index < -0.39 is 0 Å². The third-order valence-electron chi connectivity index (χ3n) is 5.23. The third kappa shape index (κ3) is 2.10. The van der Waals surface area contributed by atoms with Crippen molar-refractivity contribution in [3.8, 4) is 0 Å². The van der Waals surface area contributed by atoms with E-state index in [1.807, 2.05) is 11.0 Å². The Balaban J connectivity index is 1.38. The van der Waals surface area contributed by atoms with Crippen LogP contribution in [0.2, 0.25) is 0 Å². The summed E-state index contributed by atoms with van der Waals surface area (Å²) in [5, 5.41) is 7.06. The number of carbonyl (C=O) groups excluding carboxylic acids is 2. The zero-order valence-corrected chi connectivity index (χ0v) is 12.5. The monoisotopic (exact) mass is 287 g/mol. The summed E-state index contributed by atoms with van der Waals surface area (Å²) in [5.74, 6) is 2.27. The van der Waals surface area contributed by atoms with Gasteiger partial charge in [-0.05, 0) is 36.7 Å². The molecule has 2 aliphatic carbocycles. The predicted octanol–water partition coefficient (Wildman–Crippen LogP) is 1.83. The van der Waals surface area contributed by atoms with Crippen LogP contribution < -0.4 is 0 Å². The number of aromatic nitrogens is 2. The van der Waals surface area contributed by atoms with Crippen molar-refractivity contribution >= 4 is 11.7 Å². The molecule has 2 saturated carbocycles. The molecule has 0 unspecified atom stereocenters. The summed E-state index contributed by atoms with van der Waals surface area (Å²) in [4.78, 5) is 26.4. The number of likely N-dealkylation sites (tertiary alicyclic amines) is 1. The summed E-state index contributed by atoms with van der Waals surface area (Å²) < 4.78 is 0. The molecule has 1 aromatic heterocycles. The molecule has 112 valence electrons. The average Bonchev–Trinajstić information content (AvgIpc) is 3.32. The van der Waals surface area contributed by atoms with Crippen LogP contribution in [-0.2, 0) is 4.79 Å². The number of ketones is 1. The van der Waals surface area contributed by atoms with Gasteiger partial charge in [-0.1, -0.05) is 13.8 Å². The topological polar surface area (TPSA) is 66.1 Å². The number of H-pyrrole nitrogens is 1. The number of fused-ring (bicyclic) bond motifs is 1. The summed E-state index contributed by atoms with van der Waals surface area (Å²) in [7, 11) is 0. The maximum absolute atomic E-state index is 12.4. The second-order valence-electron chi connectivity index (χ2n) is 7.10. The minimum atomic E-state index is 0.00275. The summed E-state index contributed by atoms with van der Waals surface area (Å²) in [6.07, 6.45) is 2.17. The van der Waals surface area contributed by atoms with Crippen molar-refractivity contribution in [1.82, 2.24) is 15.1 Å². The van der Waals surface area contributed by atoms with Gasteiger partial charge in [0.05, 0.1) is 0 Å². The largest absolute Gasteiger partial charge is 0.337 e. The van der Waals surface area contributed by atoms with Crippen molar-refractivity contribution < 1.29 is 9.59 Å². The minimum Gasteiger partial charge on any atom is -0.337 e. The first-order valence-electron chi connectivity index (χ1n) is 7.94. The highest BCUT2D eigenvalue weighted by Crippen LogP contribution is 2.55. The number of aromatic amines is 1. The number of piperidine rings is 1. The van der Waals surface area contributed by atoms with Crippen molar-refractivity contribution in [3.05, 3.63) is 17.5 Å². The Morgan fingerprint density at radius 1 is 1.29 bits per heavy atom. The standard InChI is InChI=1S/C16H21N3O2/c1-8(2)12-5-13(18-17-12)16(21)19-6-10-11(7-19)14(10)15(20)9-3-4-9/h5,8-11,14H,3-4,6-7H2,1-2H3,(H,17,18)/t10-,11+,14-. The number of hydrogen-bond acceptors (Lipinski definition) is 3. The lowest BCUT2D eigenvalue weighted by molar-refractivity contribution is -0.122. The van der Waals surface area contributed by atoms with Gasteiger partial charge in [0.2, 0.25) is 0 Å². The predicted molar refractivity (Wildman–Crippen MR) is 76.8 cm³/mol. The fraction of sp³-hybridized carbons (Fsp3) is 0.688. The highest BCUT2D eigenvalue weighted by Gasteiger charge is 2.61. The van der Waals surface area contributed by atoms with Gasteiger partial charge in [-0.25, -0.2) is 0 Å². The SMILES string of the molecule is CC(C)c1cc(C(=O)N2C[C@@H]3[C@H](C2)[C@@H]3C(=O)C2CC2)n[nH]1. The molecule has 1 aliphatic heterocycles. The van der Waals surface area contributed by atoms with Gasteiger partial charge in [0.1, 0.15) is 11.5 Å². The first-order valence-corrected chi connectivity index (χ1v) is 7.94. The van der Waals surface area contributed by atoms with Gasteiger partial charge < -0.3 is 4.90 Å². The van der Waals surface area contributed by atoms with Crippen LogP contribution in [0.5, 0.6) is 0 Å². The Kier molecular flexibility index (Phi) is 2.75. The molecular formula is C16H21N3O2. The molecule has 1 N–H and O–H groups in total. The smallest absolute Gasteiger partial charge is 0.274 e. The molecular weight excluding hydrogens is 266 g/mol. The molecule has 3 aliphatic rings. The van der Waals surface area contributed by atoms with Gasteiger partial charge in [-0.15, -0.1) is 0 Å². The zero-order valence-electron chi connectivity index (χ0n) is 12.5. The molecule has 0 radical (unpaired) electrons. The van der Waals surface area contributed by atoms with Crippen LogP contribution in [0.15, 0.2) is 6.07 Å². The molecule has 1 aromatic rings. The van der Waals surface area contributed by atoms with E-state index in [0.29, 0.717) is 35.1 Å². The maximum atomic E-state index is 12.4. The van der Waals surface area contributed by atoms with Gasteiger partial charge in [-0.3, -0.25) is 14.7 Å². The molecule has 1 amide bonds. The molecule has 1 saturated heterocycles. The molecule has 5 nitrogen and oxygen atoms in total. The van der Waals surface area contributed by atoms with Gasteiger partial charge >= 0.3 is 0 Å². The number of carbonyl (C=O) groups is 2. The Morgan fingerprint density at radius 3 is 2.48 bits per heavy atom. The van der Waals surface area contributed by atoms with Crippen LogP contribution in [0.3, 0.4) is 0 Å². The van der Waals surface area contributed by atoms with Crippen molar-refractivity contribution in [1.29, 1.82) is 0 Å². The van der Waals surface area contributed by atoms with Crippen LogP contribution in [-0.4, -0.2) is 39.9 Å². The highest BCUT2D eigenvalue weighted by molar-refractivity contribution is 5.94. The van der Waals surface area contributed by atoms with Crippen molar-refractivity contribution in [2.45, 2.75) is 32.6 Å². The van der Waals surface area contributed by atoms with Gasteiger partial charge in [0.15, 0.2) is 0 Å². The summed E-state index contributed by atoms with van der Waals surface area (Å²) >= 11 is 0. The molecule has 0 bridgehead atoms. The fourth-order valence-corrected chi connectivity index (χ4v) is 3.66. The zero-order chi connectivity index (χ0) is 14.7. The van der Waals surface area contributed by atoms with Gasteiger partial charge in [0, 0.05) is 30.6 Å². The number of Topliss-reactive ketones (excluding diaryl/α,β-unsaturated/α-hetero) is 1. The van der Waals surface area contributed by atoms with Crippen molar-refractivity contribution in [3.63, 3.8) is 0 Å². The van der Waals surface area contributed by atoms with Crippen LogP contribution in [0.1, 0.15) is 48.8 Å². The average molecular weight is 287 g/mol. The highest BCUT2D eigenvalue weighted by atomic mass is 16.2. The van der Waals surface area contributed by atoms with Gasteiger partial charge in [-0.2, -0.15) is 5.10 Å².